The van der Waals surface area contributed by atoms with Gasteiger partial charge in [-0.1, -0.05) is 6.08 Å². The van der Waals surface area contributed by atoms with Gasteiger partial charge in [0.05, 0.1) is 0 Å². The molecule has 6 heterocycles. The Hall–Kier alpha value is -4.77. The highest BCUT2D eigenvalue weighted by atomic mass is 16.5. The molecule has 4 aromatic heterocycles. The molecule has 0 spiro atoms. The fourth-order valence-electron chi connectivity index (χ4n) is 5.19. The van der Waals surface area contributed by atoms with E-state index in [-0.39, 0.29) is 11.8 Å². The molecule has 7 rings (SSSR count). The van der Waals surface area contributed by atoms with E-state index in [1.807, 2.05) is 65.1 Å². The van der Waals surface area contributed by atoms with E-state index in [1.54, 1.807) is 16.9 Å². The van der Waals surface area contributed by atoms with Gasteiger partial charge in [-0.15, -0.1) is 0 Å². The van der Waals surface area contributed by atoms with E-state index in [0.717, 1.165) is 59.2 Å². The molecular formula is C29H29N9O2. The Labute approximate surface area is 230 Å². The highest BCUT2D eigenvalue weighted by molar-refractivity contribution is 5.88. The number of aromatic nitrogens is 6. The van der Waals surface area contributed by atoms with Gasteiger partial charge in [0.15, 0.2) is 11.5 Å². The van der Waals surface area contributed by atoms with Crippen LogP contribution in [0, 0.1) is 6.92 Å². The van der Waals surface area contributed by atoms with Crippen LogP contribution in [0.15, 0.2) is 73.6 Å². The number of ether oxygens (including phenoxy) is 1. The summed E-state index contributed by atoms with van der Waals surface area (Å²) in [5.41, 5.74) is 4.65. The molecule has 5 aromatic rings. The molecule has 1 amide bonds. The van der Waals surface area contributed by atoms with Crippen molar-refractivity contribution in [3.05, 3.63) is 84.7 Å². The monoisotopic (exact) mass is 535 g/mol. The summed E-state index contributed by atoms with van der Waals surface area (Å²) in [5.74, 6) is 2.49. The summed E-state index contributed by atoms with van der Waals surface area (Å²) >= 11 is 0. The maximum absolute atomic E-state index is 12.6. The minimum Gasteiger partial charge on any atom is -0.457 e. The number of nitrogens with one attached hydrogen (secondary N) is 1. The molecule has 0 unspecified atom stereocenters. The average Bonchev–Trinajstić information content (AvgIpc) is 3.54. The number of hydrogen-bond donors (Lipinski definition) is 1. The molecule has 1 aromatic carbocycles. The van der Waals surface area contributed by atoms with Crippen molar-refractivity contribution in [2.75, 3.05) is 38.0 Å². The largest absolute Gasteiger partial charge is 0.457 e. The summed E-state index contributed by atoms with van der Waals surface area (Å²) in [4.78, 5) is 25.6. The van der Waals surface area contributed by atoms with Crippen LogP contribution < -0.4 is 10.1 Å². The van der Waals surface area contributed by atoms with Gasteiger partial charge in [0.1, 0.15) is 29.7 Å². The molecule has 11 heteroatoms. The Kier molecular flexibility index (Phi) is 6.12. The number of carbonyl (C=O) groups is 1. The van der Waals surface area contributed by atoms with Gasteiger partial charge in [0, 0.05) is 55.8 Å². The van der Waals surface area contributed by atoms with Crippen LogP contribution in [0.5, 0.6) is 11.5 Å². The lowest BCUT2D eigenvalue weighted by Crippen LogP contribution is -2.47. The van der Waals surface area contributed by atoms with Crippen LogP contribution in [0.3, 0.4) is 0 Å². The summed E-state index contributed by atoms with van der Waals surface area (Å²) in [7, 11) is 0. The summed E-state index contributed by atoms with van der Waals surface area (Å²) in [6.45, 7) is 6.49. The van der Waals surface area contributed by atoms with Gasteiger partial charge >= 0.3 is 0 Å². The molecule has 1 N–H and O–H groups in total. The summed E-state index contributed by atoms with van der Waals surface area (Å²) in [5, 5.41) is 12.0. The molecule has 2 fully saturated rings. The highest BCUT2D eigenvalue weighted by Crippen LogP contribution is 2.35. The maximum Gasteiger partial charge on any atom is 0.246 e. The second-order valence-corrected chi connectivity index (χ2v) is 10.3. The first-order chi connectivity index (χ1) is 19.6. The molecule has 2 saturated heterocycles. The minimum absolute atomic E-state index is 0.0778. The Morgan fingerprint density at radius 1 is 1.05 bits per heavy atom. The van der Waals surface area contributed by atoms with E-state index < -0.39 is 0 Å². The first-order valence-corrected chi connectivity index (χ1v) is 13.5. The molecule has 0 atom stereocenters. The molecule has 202 valence electrons. The van der Waals surface area contributed by atoms with Crippen LogP contribution in [0.25, 0.3) is 11.2 Å². The molecule has 2 aliphatic heterocycles. The fourth-order valence-corrected chi connectivity index (χ4v) is 5.19. The average molecular weight is 536 g/mol. The smallest absolute Gasteiger partial charge is 0.246 e. The van der Waals surface area contributed by atoms with Crippen LogP contribution in [0.2, 0.25) is 0 Å². The van der Waals surface area contributed by atoms with Crippen molar-refractivity contribution in [1.82, 2.24) is 39.0 Å². The standard InChI is InChI=1S/C29H29N9O2/c1-20-14-22(5-6-25(20)40-23-7-12-37-26(15-23)30-18-32-37)34-29-28-24(8-13-38(28)33-19-31-29)21-16-36(17-21)27(39)4-2-9-35-10-3-11-35/h2,4-8,12-15,18-19,21H,3,9-11,16-17H2,1H3,(H,31,33,34)/b4-2+. The number of fused-ring (bicyclic) bond motifs is 2. The molecule has 11 nitrogen and oxygen atoms in total. The van der Waals surface area contributed by atoms with Gasteiger partial charge in [-0.2, -0.15) is 10.2 Å². The van der Waals surface area contributed by atoms with Gasteiger partial charge in [-0.3, -0.25) is 9.69 Å². The number of carbonyl (C=O) groups excluding carboxylic acids is 1. The van der Waals surface area contributed by atoms with Crippen molar-refractivity contribution in [1.29, 1.82) is 0 Å². The van der Waals surface area contributed by atoms with E-state index in [1.165, 1.54) is 12.7 Å². The molecular weight excluding hydrogens is 506 g/mol. The molecule has 2 aliphatic rings. The van der Waals surface area contributed by atoms with Crippen molar-refractivity contribution in [2.24, 2.45) is 0 Å². The van der Waals surface area contributed by atoms with Gasteiger partial charge in [-0.25, -0.2) is 19.0 Å². The third-order valence-electron chi connectivity index (χ3n) is 7.61. The number of amides is 1. The topological polar surface area (TPSA) is 105 Å². The number of nitrogens with zero attached hydrogens (tertiary/aromatic N) is 8. The third-order valence-corrected chi connectivity index (χ3v) is 7.61. The second kappa shape index (κ2) is 10.1. The Morgan fingerprint density at radius 2 is 1.88 bits per heavy atom. The number of aryl methyl sites for hydroxylation is 1. The normalized spacial score (nSPS) is 16.0. The predicted molar refractivity (Wildman–Crippen MR) is 150 cm³/mol. The van der Waals surface area contributed by atoms with Crippen LogP contribution in [-0.2, 0) is 4.79 Å². The number of hydrogen-bond acceptors (Lipinski definition) is 8. The van der Waals surface area contributed by atoms with E-state index in [2.05, 4.69) is 36.4 Å². The number of pyridine rings is 1. The van der Waals surface area contributed by atoms with Gasteiger partial charge in [-0.05, 0) is 67.9 Å². The van der Waals surface area contributed by atoms with Crippen molar-refractivity contribution >= 4 is 28.6 Å². The lowest BCUT2D eigenvalue weighted by atomic mass is 9.92. The maximum atomic E-state index is 12.6. The third kappa shape index (κ3) is 4.64. The Morgan fingerprint density at radius 3 is 2.70 bits per heavy atom. The lowest BCUT2D eigenvalue weighted by molar-refractivity contribution is -0.130. The zero-order valence-electron chi connectivity index (χ0n) is 22.1. The summed E-state index contributed by atoms with van der Waals surface area (Å²) in [6.07, 6.45) is 11.8. The zero-order chi connectivity index (χ0) is 27.1. The van der Waals surface area contributed by atoms with Crippen molar-refractivity contribution in [3.63, 3.8) is 0 Å². The SMILES string of the molecule is Cc1cc(Nc2ncnn3ccc(C4CN(C(=O)/C=C/CN5CCC5)C4)c23)ccc1Oc1ccn2ncnc2c1. The molecule has 0 aliphatic carbocycles. The van der Waals surface area contributed by atoms with E-state index in [4.69, 9.17) is 4.74 Å². The Balaban J connectivity index is 1.04. The lowest BCUT2D eigenvalue weighted by Gasteiger charge is -2.38. The van der Waals surface area contributed by atoms with Crippen LogP contribution >= 0.6 is 0 Å². The van der Waals surface area contributed by atoms with Crippen LogP contribution in [0.1, 0.15) is 23.5 Å². The number of anilines is 2. The van der Waals surface area contributed by atoms with Gasteiger partial charge in [0.25, 0.3) is 0 Å². The first-order valence-electron chi connectivity index (χ1n) is 13.5. The number of rotatable bonds is 8. The minimum atomic E-state index is 0.0778. The van der Waals surface area contributed by atoms with E-state index >= 15 is 0 Å². The van der Waals surface area contributed by atoms with Gasteiger partial charge < -0.3 is 15.0 Å². The van der Waals surface area contributed by atoms with E-state index in [0.29, 0.717) is 18.8 Å². The zero-order valence-corrected chi connectivity index (χ0v) is 22.1. The summed E-state index contributed by atoms with van der Waals surface area (Å²) in [6, 6.07) is 11.7. The first kappa shape index (κ1) is 24.3. The van der Waals surface area contributed by atoms with Crippen molar-refractivity contribution in [3.8, 4) is 11.5 Å². The molecule has 0 saturated carbocycles. The molecule has 0 radical (unpaired) electrons. The Bertz CT molecular complexity index is 1730. The second-order valence-electron chi connectivity index (χ2n) is 10.3. The van der Waals surface area contributed by atoms with Crippen LogP contribution in [-0.4, -0.2) is 77.6 Å². The molecule has 0 bridgehead atoms. The van der Waals surface area contributed by atoms with E-state index in [9.17, 15) is 4.79 Å². The van der Waals surface area contributed by atoms with Gasteiger partial charge in [0.2, 0.25) is 5.91 Å². The van der Waals surface area contributed by atoms with Crippen molar-refractivity contribution < 1.29 is 9.53 Å². The molecule has 40 heavy (non-hydrogen) atoms. The number of benzene rings is 1. The quantitative estimate of drug-likeness (QED) is 0.299. The number of likely N-dealkylation sites (tertiary alicyclic amines) is 2. The highest BCUT2D eigenvalue weighted by Gasteiger charge is 2.33. The van der Waals surface area contributed by atoms with Crippen molar-refractivity contribution in [2.45, 2.75) is 19.3 Å². The summed E-state index contributed by atoms with van der Waals surface area (Å²) < 4.78 is 9.65. The predicted octanol–water partition coefficient (Wildman–Crippen LogP) is 3.80. The van der Waals surface area contributed by atoms with Crippen LogP contribution in [0.4, 0.5) is 11.5 Å². The fraction of sp³-hybridized carbons (Fsp3) is 0.276.